The normalized spacial score (nSPS) is 30.2. The van der Waals surface area contributed by atoms with Gasteiger partial charge in [0.1, 0.15) is 0 Å². The van der Waals surface area contributed by atoms with Gasteiger partial charge in [-0.25, -0.2) is 4.90 Å². The molecule has 2 fully saturated rings. The van der Waals surface area contributed by atoms with Crippen LogP contribution in [0, 0.1) is 23.7 Å². The molecule has 4 atom stereocenters. The molecule has 5 rings (SSSR count). The van der Waals surface area contributed by atoms with Gasteiger partial charge in [0.2, 0.25) is 11.8 Å². The van der Waals surface area contributed by atoms with E-state index in [2.05, 4.69) is 47.1 Å². The third kappa shape index (κ3) is 2.26. The van der Waals surface area contributed by atoms with E-state index >= 15 is 0 Å². The number of nitrogens with zero attached hydrogens (tertiary/aromatic N) is 1. The molecule has 0 aromatic heterocycles. The molecule has 2 aliphatic carbocycles. The van der Waals surface area contributed by atoms with Crippen LogP contribution in [0.15, 0.2) is 76.8 Å². The lowest BCUT2D eigenvalue weighted by Gasteiger charge is -2.21. The molecule has 27 heavy (non-hydrogen) atoms. The quantitative estimate of drug-likeness (QED) is 0.515. The molecule has 2 bridgehead atoms. The Morgan fingerprint density at radius 2 is 1.41 bits per heavy atom. The van der Waals surface area contributed by atoms with Gasteiger partial charge >= 0.3 is 0 Å². The summed E-state index contributed by atoms with van der Waals surface area (Å²) >= 11 is 3.48. The van der Waals surface area contributed by atoms with E-state index in [1.54, 1.807) is 0 Å². The summed E-state index contributed by atoms with van der Waals surface area (Å²) in [4.78, 5) is 27.9. The van der Waals surface area contributed by atoms with Crippen molar-refractivity contribution in [2.75, 3.05) is 4.90 Å². The number of para-hydroxylation sites is 1. The Morgan fingerprint density at radius 1 is 0.852 bits per heavy atom. The Bertz CT molecular complexity index is 990. The first-order valence-electron chi connectivity index (χ1n) is 9.16. The molecule has 0 unspecified atom stereocenters. The highest BCUT2D eigenvalue weighted by molar-refractivity contribution is 9.10. The van der Waals surface area contributed by atoms with Gasteiger partial charge in [0.25, 0.3) is 0 Å². The maximum atomic E-state index is 13.3. The first-order chi connectivity index (χ1) is 13.1. The van der Waals surface area contributed by atoms with E-state index in [-0.39, 0.29) is 35.5 Å². The van der Waals surface area contributed by atoms with Crippen LogP contribution >= 0.6 is 15.9 Å². The minimum absolute atomic E-state index is 0.0177. The highest BCUT2D eigenvalue weighted by Crippen LogP contribution is 2.58. The van der Waals surface area contributed by atoms with Crippen molar-refractivity contribution < 1.29 is 9.59 Å². The maximum Gasteiger partial charge on any atom is 0.238 e. The molecule has 0 spiro atoms. The fourth-order valence-corrected chi connectivity index (χ4v) is 5.45. The van der Waals surface area contributed by atoms with E-state index in [4.69, 9.17) is 0 Å². The van der Waals surface area contributed by atoms with Crippen LogP contribution < -0.4 is 4.90 Å². The lowest BCUT2D eigenvalue weighted by molar-refractivity contribution is -0.122. The van der Waals surface area contributed by atoms with Gasteiger partial charge in [0, 0.05) is 16.3 Å². The predicted molar refractivity (Wildman–Crippen MR) is 109 cm³/mol. The molecular formula is C23H18BrNO2. The smallest absolute Gasteiger partial charge is 0.238 e. The molecule has 1 aliphatic heterocycles. The molecule has 134 valence electrons. The molecule has 4 heteroatoms. The number of imide groups is 1. The SMILES string of the molecule is CC(=C1[C@H]2C=C[C@H]1[C@H]1C(=O)N(c3ccccc3Br)C(=O)[C@H]12)c1ccccc1. The second-order valence-electron chi connectivity index (χ2n) is 7.40. The molecule has 2 aromatic carbocycles. The number of fused-ring (bicyclic) bond motifs is 5. The molecule has 2 aromatic rings. The first-order valence-corrected chi connectivity index (χ1v) is 9.95. The van der Waals surface area contributed by atoms with Gasteiger partial charge in [-0.15, -0.1) is 0 Å². The van der Waals surface area contributed by atoms with Crippen molar-refractivity contribution >= 4 is 39.0 Å². The Hall–Kier alpha value is -2.46. The number of anilines is 1. The Morgan fingerprint density at radius 3 is 2.00 bits per heavy atom. The second kappa shape index (κ2) is 6.03. The number of allylic oxidation sites excluding steroid dienone is 4. The van der Waals surface area contributed by atoms with Crippen LogP contribution in [0.2, 0.25) is 0 Å². The monoisotopic (exact) mass is 419 g/mol. The van der Waals surface area contributed by atoms with Crippen molar-refractivity contribution in [3.05, 3.63) is 82.4 Å². The van der Waals surface area contributed by atoms with Gasteiger partial charge in [0.05, 0.1) is 17.5 Å². The van der Waals surface area contributed by atoms with Gasteiger partial charge in [-0.1, -0.05) is 60.2 Å². The summed E-state index contributed by atoms with van der Waals surface area (Å²) < 4.78 is 0.767. The number of carbonyl (C=O) groups is 2. The molecule has 2 amide bonds. The van der Waals surface area contributed by atoms with Gasteiger partial charge in [0.15, 0.2) is 0 Å². The minimum atomic E-state index is -0.284. The fraction of sp³-hybridized carbons (Fsp3) is 0.217. The van der Waals surface area contributed by atoms with E-state index in [0.29, 0.717) is 5.69 Å². The topological polar surface area (TPSA) is 37.4 Å². The first kappa shape index (κ1) is 16.7. The van der Waals surface area contributed by atoms with Crippen molar-refractivity contribution in [3.63, 3.8) is 0 Å². The van der Waals surface area contributed by atoms with E-state index in [9.17, 15) is 9.59 Å². The fourth-order valence-electron chi connectivity index (χ4n) is 4.99. The van der Waals surface area contributed by atoms with Crippen molar-refractivity contribution in [2.24, 2.45) is 23.7 Å². The number of amides is 2. The van der Waals surface area contributed by atoms with Gasteiger partial charge in [-0.3, -0.25) is 9.59 Å². The molecule has 1 saturated carbocycles. The van der Waals surface area contributed by atoms with Crippen LogP contribution in [0.25, 0.3) is 5.57 Å². The Labute approximate surface area is 166 Å². The summed E-state index contributed by atoms with van der Waals surface area (Å²) in [6.07, 6.45) is 4.25. The standard InChI is InChI=1S/C23H18BrNO2/c1-13(14-7-3-2-4-8-14)19-15-11-12-16(19)21-20(15)22(26)25(23(21)27)18-10-6-5-9-17(18)24/h2-12,15-16,20-21H,1H3/t15-,16-,20-,21+/m1/s1. The summed E-state index contributed by atoms with van der Waals surface area (Å²) in [6, 6.07) is 17.6. The third-order valence-electron chi connectivity index (χ3n) is 6.15. The van der Waals surface area contributed by atoms with Crippen LogP contribution in [-0.2, 0) is 9.59 Å². The number of rotatable bonds is 2. The number of hydrogen-bond donors (Lipinski definition) is 0. The molecular weight excluding hydrogens is 402 g/mol. The van der Waals surface area contributed by atoms with E-state index in [1.165, 1.54) is 16.0 Å². The molecule has 3 aliphatic rings. The van der Waals surface area contributed by atoms with Gasteiger partial charge < -0.3 is 0 Å². The molecule has 0 N–H and O–H groups in total. The van der Waals surface area contributed by atoms with Crippen LogP contribution in [0.4, 0.5) is 5.69 Å². The Balaban J connectivity index is 1.58. The van der Waals surface area contributed by atoms with Crippen LogP contribution in [0.1, 0.15) is 12.5 Å². The van der Waals surface area contributed by atoms with Gasteiger partial charge in [-0.2, -0.15) is 0 Å². The molecule has 0 radical (unpaired) electrons. The zero-order chi connectivity index (χ0) is 18.7. The van der Waals surface area contributed by atoms with Crippen molar-refractivity contribution in [1.29, 1.82) is 0 Å². The number of hydrogen-bond acceptors (Lipinski definition) is 2. The van der Waals surface area contributed by atoms with Crippen molar-refractivity contribution in [2.45, 2.75) is 6.92 Å². The number of benzene rings is 2. The van der Waals surface area contributed by atoms with E-state index in [1.807, 2.05) is 42.5 Å². The van der Waals surface area contributed by atoms with E-state index < -0.39 is 0 Å². The minimum Gasteiger partial charge on any atom is -0.274 e. The number of carbonyl (C=O) groups excluding carboxylic acids is 2. The average Bonchev–Trinajstić information content (AvgIpc) is 3.33. The molecule has 1 heterocycles. The average molecular weight is 420 g/mol. The Kier molecular flexibility index (Phi) is 3.73. The van der Waals surface area contributed by atoms with E-state index in [0.717, 1.165) is 10.0 Å². The zero-order valence-corrected chi connectivity index (χ0v) is 16.4. The maximum absolute atomic E-state index is 13.3. The molecule has 1 saturated heterocycles. The third-order valence-corrected chi connectivity index (χ3v) is 6.82. The van der Waals surface area contributed by atoms with Crippen LogP contribution in [-0.4, -0.2) is 11.8 Å². The summed E-state index contributed by atoms with van der Waals surface area (Å²) in [5, 5.41) is 0. The largest absolute Gasteiger partial charge is 0.274 e. The van der Waals surface area contributed by atoms with Crippen molar-refractivity contribution in [3.8, 4) is 0 Å². The molecule has 3 nitrogen and oxygen atoms in total. The number of halogens is 1. The van der Waals surface area contributed by atoms with Crippen LogP contribution in [0.3, 0.4) is 0 Å². The highest BCUT2D eigenvalue weighted by atomic mass is 79.9. The highest BCUT2D eigenvalue weighted by Gasteiger charge is 2.62. The summed E-state index contributed by atoms with van der Waals surface area (Å²) in [7, 11) is 0. The summed E-state index contributed by atoms with van der Waals surface area (Å²) in [5.41, 5.74) is 4.24. The van der Waals surface area contributed by atoms with Gasteiger partial charge in [-0.05, 0) is 46.1 Å². The lowest BCUT2D eigenvalue weighted by atomic mass is 9.85. The lowest BCUT2D eigenvalue weighted by Crippen LogP contribution is -2.33. The summed E-state index contributed by atoms with van der Waals surface area (Å²) in [5.74, 6) is -0.686. The predicted octanol–water partition coefficient (Wildman–Crippen LogP) is 4.84. The summed E-state index contributed by atoms with van der Waals surface area (Å²) in [6.45, 7) is 2.11. The second-order valence-corrected chi connectivity index (χ2v) is 8.25. The zero-order valence-electron chi connectivity index (χ0n) is 14.8. The van der Waals surface area contributed by atoms with Crippen molar-refractivity contribution in [1.82, 2.24) is 0 Å². The van der Waals surface area contributed by atoms with Crippen LogP contribution in [0.5, 0.6) is 0 Å².